The molecule has 0 aliphatic carbocycles. The number of carbonyl (C=O) groups excluding carboxylic acids is 4. The highest BCUT2D eigenvalue weighted by atomic mass is 16.5. The molecule has 0 aromatic heterocycles. The van der Waals surface area contributed by atoms with Crippen LogP contribution in [0.3, 0.4) is 0 Å². The van der Waals surface area contributed by atoms with Gasteiger partial charge in [0, 0.05) is 13.1 Å². The summed E-state index contributed by atoms with van der Waals surface area (Å²) in [6.07, 6.45) is 1.48. The van der Waals surface area contributed by atoms with Crippen molar-refractivity contribution < 1.29 is 28.7 Å². The molecule has 0 saturated heterocycles. The fourth-order valence-electron chi connectivity index (χ4n) is 1.56. The van der Waals surface area contributed by atoms with Gasteiger partial charge in [0.25, 0.3) is 5.91 Å². The average molecular weight is 334 g/mol. The Kier molecular flexibility index (Phi) is 7.15. The van der Waals surface area contributed by atoms with E-state index in [9.17, 15) is 19.2 Å². The van der Waals surface area contributed by atoms with E-state index in [4.69, 9.17) is 4.74 Å². The number of carbonyl (C=O) groups is 4. The number of hydrogen-bond donors (Lipinski definition) is 2. The van der Waals surface area contributed by atoms with Crippen LogP contribution in [0.4, 0.5) is 4.79 Å². The van der Waals surface area contributed by atoms with Crippen LogP contribution < -0.4 is 10.6 Å². The van der Waals surface area contributed by atoms with Gasteiger partial charge in [-0.1, -0.05) is 12.1 Å². The third-order valence-electron chi connectivity index (χ3n) is 2.87. The van der Waals surface area contributed by atoms with Crippen LogP contribution in [-0.4, -0.2) is 44.1 Å². The maximum Gasteiger partial charge on any atom is 0.337 e. The summed E-state index contributed by atoms with van der Waals surface area (Å²) in [6, 6.07) is 5.66. The number of imide groups is 1. The van der Waals surface area contributed by atoms with Gasteiger partial charge >= 0.3 is 18.0 Å². The third-order valence-corrected chi connectivity index (χ3v) is 2.87. The van der Waals surface area contributed by atoms with Crippen molar-refractivity contribution in [3.63, 3.8) is 0 Å². The zero-order chi connectivity index (χ0) is 18.1. The van der Waals surface area contributed by atoms with Crippen LogP contribution >= 0.6 is 0 Å². The topological polar surface area (TPSA) is 111 Å². The molecular formula is C16H18N2O6. The molecule has 0 aliphatic rings. The van der Waals surface area contributed by atoms with Gasteiger partial charge in [-0.15, -0.1) is 0 Å². The fraction of sp³-hybridized carbons (Fsp3) is 0.250. The lowest BCUT2D eigenvalue weighted by atomic mass is 10.1. The number of ether oxygens (including phenoxy) is 2. The third kappa shape index (κ3) is 5.91. The van der Waals surface area contributed by atoms with Crippen LogP contribution in [0.5, 0.6) is 0 Å². The first-order valence-corrected chi connectivity index (χ1v) is 6.97. The lowest BCUT2D eigenvalue weighted by molar-refractivity contribution is -0.149. The molecule has 1 atom stereocenters. The number of methoxy groups -OCH3 is 1. The second kappa shape index (κ2) is 9.09. The highest BCUT2D eigenvalue weighted by molar-refractivity contribution is 5.98. The molecule has 0 bridgehead atoms. The van der Waals surface area contributed by atoms with Crippen LogP contribution in [0.2, 0.25) is 0 Å². The van der Waals surface area contributed by atoms with Crippen molar-refractivity contribution in [1.29, 1.82) is 0 Å². The van der Waals surface area contributed by atoms with E-state index in [1.165, 1.54) is 27.2 Å². The van der Waals surface area contributed by atoms with Gasteiger partial charge in [-0.05, 0) is 30.7 Å². The summed E-state index contributed by atoms with van der Waals surface area (Å²) in [6.45, 7) is 1.34. The fourth-order valence-corrected chi connectivity index (χ4v) is 1.56. The SMILES string of the molecule is CNC(=O)NC(=O)[C@@H](C)OC(=O)/C=C/c1ccc(C(=O)OC)cc1. The van der Waals surface area contributed by atoms with Crippen LogP contribution in [0.25, 0.3) is 6.08 Å². The summed E-state index contributed by atoms with van der Waals surface area (Å²) in [5.41, 5.74) is 1.04. The van der Waals surface area contributed by atoms with E-state index in [0.29, 0.717) is 11.1 Å². The molecule has 3 amide bonds. The number of urea groups is 1. The van der Waals surface area contributed by atoms with Crippen LogP contribution in [0.15, 0.2) is 30.3 Å². The average Bonchev–Trinajstić information content (AvgIpc) is 2.59. The lowest BCUT2D eigenvalue weighted by Gasteiger charge is -2.11. The Bertz CT molecular complexity index is 651. The number of nitrogens with one attached hydrogen (secondary N) is 2. The molecular weight excluding hydrogens is 316 g/mol. The molecule has 128 valence electrons. The normalized spacial score (nSPS) is 11.5. The van der Waals surface area contributed by atoms with Crippen LogP contribution in [-0.2, 0) is 19.1 Å². The van der Waals surface area contributed by atoms with Crippen LogP contribution in [0.1, 0.15) is 22.8 Å². The monoisotopic (exact) mass is 334 g/mol. The van der Waals surface area contributed by atoms with E-state index in [0.717, 1.165) is 6.08 Å². The highest BCUT2D eigenvalue weighted by Crippen LogP contribution is 2.07. The largest absolute Gasteiger partial charge is 0.465 e. The molecule has 2 N–H and O–H groups in total. The van der Waals surface area contributed by atoms with Gasteiger partial charge in [0.2, 0.25) is 0 Å². The number of benzene rings is 1. The standard InChI is InChI=1S/C16H18N2O6/c1-10(14(20)18-16(22)17-2)24-13(19)9-6-11-4-7-12(8-5-11)15(21)23-3/h4-10H,1-3H3,(H2,17,18,20,22)/b9-6+/t10-/m1/s1. The van der Waals surface area contributed by atoms with Crippen molar-refractivity contribution in [1.82, 2.24) is 10.6 Å². The van der Waals surface area contributed by atoms with E-state index in [1.807, 2.05) is 5.32 Å². The Morgan fingerprint density at radius 1 is 1.12 bits per heavy atom. The minimum absolute atomic E-state index is 0.386. The first-order chi connectivity index (χ1) is 11.4. The smallest absolute Gasteiger partial charge is 0.337 e. The second-order valence-corrected chi connectivity index (χ2v) is 4.59. The molecule has 1 aromatic carbocycles. The Morgan fingerprint density at radius 2 is 1.75 bits per heavy atom. The first-order valence-electron chi connectivity index (χ1n) is 6.97. The number of esters is 2. The Hall–Kier alpha value is -3.16. The van der Waals surface area contributed by atoms with Crippen molar-refractivity contribution in [2.24, 2.45) is 0 Å². The first kappa shape index (κ1) is 18.9. The number of hydrogen-bond acceptors (Lipinski definition) is 6. The quantitative estimate of drug-likeness (QED) is 0.611. The summed E-state index contributed by atoms with van der Waals surface area (Å²) in [4.78, 5) is 45.5. The zero-order valence-electron chi connectivity index (χ0n) is 13.5. The van der Waals surface area contributed by atoms with Crippen molar-refractivity contribution >= 4 is 30.0 Å². The number of amides is 3. The van der Waals surface area contributed by atoms with Crippen molar-refractivity contribution in [3.8, 4) is 0 Å². The van der Waals surface area contributed by atoms with E-state index in [1.54, 1.807) is 24.3 Å². The summed E-state index contributed by atoms with van der Waals surface area (Å²) >= 11 is 0. The summed E-state index contributed by atoms with van der Waals surface area (Å²) < 4.78 is 9.45. The van der Waals surface area contributed by atoms with E-state index in [2.05, 4.69) is 10.1 Å². The molecule has 0 fully saturated rings. The van der Waals surface area contributed by atoms with Crippen molar-refractivity contribution in [2.75, 3.05) is 14.2 Å². The van der Waals surface area contributed by atoms with Gasteiger partial charge in [-0.2, -0.15) is 0 Å². The molecule has 1 rings (SSSR count). The molecule has 8 nitrogen and oxygen atoms in total. The van der Waals surface area contributed by atoms with E-state index >= 15 is 0 Å². The molecule has 1 aromatic rings. The summed E-state index contributed by atoms with van der Waals surface area (Å²) in [7, 11) is 2.64. The van der Waals surface area contributed by atoms with Gasteiger partial charge in [0.15, 0.2) is 6.10 Å². The number of rotatable bonds is 5. The van der Waals surface area contributed by atoms with E-state index < -0.39 is 30.0 Å². The second-order valence-electron chi connectivity index (χ2n) is 4.59. The van der Waals surface area contributed by atoms with Gasteiger partial charge in [0.1, 0.15) is 0 Å². The van der Waals surface area contributed by atoms with Gasteiger partial charge < -0.3 is 14.8 Å². The molecule has 0 spiro atoms. The summed E-state index contributed by atoms with van der Waals surface area (Å²) in [5.74, 6) is -1.94. The molecule has 0 radical (unpaired) electrons. The lowest BCUT2D eigenvalue weighted by Crippen LogP contribution is -2.43. The van der Waals surface area contributed by atoms with Gasteiger partial charge in [-0.3, -0.25) is 10.1 Å². The molecule has 0 heterocycles. The molecule has 0 unspecified atom stereocenters. The molecule has 24 heavy (non-hydrogen) atoms. The Morgan fingerprint density at radius 3 is 2.29 bits per heavy atom. The minimum Gasteiger partial charge on any atom is -0.465 e. The van der Waals surface area contributed by atoms with Gasteiger partial charge in [0.05, 0.1) is 12.7 Å². The predicted octanol–water partition coefficient (Wildman–Crippen LogP) is 0.874. The maximum absolute atomic E-state index is 11.6. The van der Waals surface area contributed by atoms with E-state index in [-0.39, 0.29) is 0 Å². The highest BCUT2D eigenvalue weighted by Gasteiger charge is 2.18. The predicted molar refractivity (Wildman–Crippen MR) is 85.0 cm³/mol. The summed E-state index contributed by atoms with van der Waals surface area (Å²) in [5, 5.41) is 4.21. The molecule has 8 heteroatoms. The molecule has 0 saturated carbocycles. The molecule has 0 aliphatic heterocycles. The maximum atomic E-state index is 11.6. The zero-order valence-corrected chi connectivity index (χ0v) is 13.5. The minimum atomic E-state index is -1.12. The van der Waals surface area contributed by atoms with Gasteiger partial charge in [-0.25, -0.2) is 14.4 Å². The van der Waals surface area contributed by atoms with Crippen molar-refractivity contribution in [2.45, 2.75) is 13.0 Å². The Labute approximate surface area is 138 Å². The Balaban J connectivity index is 2.57. The van der Waals surface area contributed by atoms with Crippen molar-refractivity contribution in [3.05, 3.63) is 41.5 Å². The van der Waals surface area contributed by atoms with Crippen LogP contribution in [0, 0.1) is 0 Å².